The Bertz CT molecular complexity index is 857. The van der Waals surface area contributed by atoms with Crippen LogP contribution in [-0.4, -0.2) is 26.0 Å². The molecule has 1 aliphatic carbocycles. The van der Waals surface area contributed by atoms with Crippen molar-refractivity contribution in [2.75, 3.05) is 0 Å². The second-order valence-electron chi connectivity index (χ2n) is 6.30. The van der Waals surface area contributed by atoms with Gasteiger partial charge in [0.25, 0.3) is 5.56 Å². The molecule has 2 aromatic rings. The van der Waals surface area contributed by atoms with E-state index in [1.807, 2.05) is 0 Å². The molecule has 1 aliphatic rings. The smallest absolute Gasteiger partial charge is 0.345 e. The van der Waals surface area contributed by atoms with Crippen molar-refractivity contribution in [1.82, 2.24) is 9.78 Å². The number of carboxylic acids is 1. The lowest BCUT2D eigenvalue weighted by Crippen LogP contribution is -2.31. The van der Waals surface area contributed by atoms with E-state index in [-0.39, 0.29) is 12.5 Å². The highest BCUT2D eigenvalue weighted by Gasteiger charge is 2.28. The molecular formula is C18H19ClN2O4. The van der Waals surface area contributed by atoms with Crippen LogP contribution >= 0.6 is 11.6 Å². The van der Waals surface area contributed by atoms with Crippen molar-refractivity contribution >= 4 is 17.6 Å². The van der Waals surface area contributed by atoms with E-state index in [9.17, 15) is 19.8 Å². The van der Waals surface area contributed by atoms with Crippen LogP contribution in [0.25, 0.3) is 0 Å². The van der Waals surface area contributed by atoms with Crippen molar-refractivity contribution in [3.8, 4) is 5.75 Å². The van der Waals surface area contributed by atoms with Crippen molar-refractivity contribution in [2.24, 2.45) is 0 Å². The van der Waals surface area contributed by atoms with Crippen LogP contribution in [0.1, 0.15) is 59.6 Å². The van der Waals surface area contributed by atoms with E-state index in [2.05, 4.69) is 5.10 Å². The summed E-state index contributed by atoms with van der Waals surface area (Å²) in [7, 11) is 0. The fraction of sp³-hybridized carbons (Fsp3) is 0.389. The number of hydrogen-bond acceptors (Lipinski definition) is 4. The molecule has 2 N–H and O–H groups in total. The lowest BCUT2D eigenvalue weighted by atomic mass is 9.86. The summed E-state index contributed by atoms with van der Waals surface area (Å²) in [6, 6.07) is 7.01. The molecule has 3 rings (SSSR count). The first-order valence-electron chi connectivity index (χ1n) is 8.29. The number of rotatable bonds is 4. The number of hydrogen-bond donors (Lipinski definition) is 2. The summed E-state index contributed by atoms with van der Waals surface area (Å²) in [5, 5.41) is 24.5. The molecular weight excluding hydrogens is 344 g/mol. The van der Waals surface area contributed by atoms with Gasteiger partial charge >= 0.3 is 5.97 Å². The highest BCUT2D eigenvalue weighted by Crippen LogP contribution is 2.36. The van der Waals surface area contributed by atoms with Crippen LogP contribution < -0.4 is 5.56 Å². The average Bonchev–Trinajstić information content (AvgIpc) is 2.59. The molecule has 1 fully saturated rings. The first kappa shape index (κ1) is 17.5. The third-order valence-electron chi connectivity index (χ3n) is 4.64. The quantitative estimate of drug-likeness (QED) is 0.869. The molecule has 1 heterocycles. The highest BCUT2D eigenvalue weighted by molar-refractivity contribution is 6.31. The van der Waals surface area contributed by atoms with E-state index in [4.69, 9.17) is 11.6 Å². The van der Waals surface area contributed by atoms with Crippen LogP contribution in [0.4, 0.5) is 0 Å². The summed E-state index contributed by atoms with van der Waals surface area (Å²) >= 11 is 6.14. The van der Waals surface area contributed by atoms with E-state index in [0.717, 1.165) is 36.8 Å². The van der Waals surface area contributed by atoms with Crippen LogP contribution in [0, 0.1) is 0 Å². The standard InChI is InChI=1S/C18H19ClN2O4/c19-13-9-5-4-8-12(13)10-21-17(23)14(18(24)25)16(22)15(20-21)11-6-2-1-3-7-11/h4-5,8-9,11,22H,1-3,6-7,10H2,(H,24,25). The van der Waals surface area contributed by atoms with Gasteiger partial charge in [0.05, 0.1) is 6.54 Å². The Morgan fingerprint density at radius 3 is 2.56 bits per heavy atom. The fourth-order valence-electron chi connectivity index (χ4n) is 3.32. The molecule has 1 aromatic carbocycles. The third kappa shape index (κ3) is 3.54. The minimum Gasteiger partial charge on any atom is -0.505 e. The molecule has 6 nitrogen and oxygen atoms in total. The second kappa shape index (κ2) is 7.27. The number of carboxylic acid groups (broad SMARTS) is 1. The molecule has 0 spiro atoms. The Morgan fingerprint density at radius 2 is 1.92 bits per heavy atom. The molecule has 1 aromatic heterocycles. The van der Waals surface area contributed by atoms with Gasteiger partial charge in [0, 0.05) is 10.9 Å². The van der Waals surface area contributed by atoms with E-state index in [1.54, 1.807) is 24.3 Å². The van der Waals surface area contributed by atoms with Gasteiger partial charge in [-0.15, -0.1) is 0 Å². The minimum atomic E-state index is -1.45. The van der Waals surface area contributed by atoms with Gasteiger partial charge in [-0.3, -0.25) is 4.79 Å². The van der Waals surface area contributed by atoms with Crippen LogP contribution in [0.5, 0.6) is 5.75 Å². The summed E-state index contributed by atoms with van der Waals surface area (Å²) in [5.41, 5.74) is -0.494. The maximum atomic E-state index is 12.5. The van der Waals surface area contributed by atoms with E-state index < -0.39 is 22.8 Å². The van der Waals surface area contributed by atoms with Crippen LogP contribution in [0.3, 0.4) is 0 Å². The first-order chi connectivity index (χ1) is 12.0. The van der Waals surface area contributed by atoms with Gasteiger partial charge in [-0.2, -0.15) is 5.10 Å². The molecule has 7 heteroatoms. The maximum absolute atomic E-state index is 12.5. The summed E-state index contributed by atoms with van der Waals surface area (Å²) in [6.07, 6.45) is 4.76. The van der Waals surface area contributed by atoms with Crippen molar-refractivity contribution in [2.45, 2.75) is 44.6 Å². The Morgan fingerprint density at radius 1 is 1.24 bits per heavy atom. The van der Waals surface area contributed by atoms with Crippen LogP contribution in [0.2, 0.25) is 5.02 Å². The van der Waals surface area contributed by atoms with E-state index in [1.165, 1.54) is 0 Å². The van der Waals surface area contributed by atoms with Gasteiger partial charge < -0.3 is 10.2 Å². The molecule has 0 bridgehead atoms. The Hall–Kier alpha value is -2.34. The molecule has 25 heavy (non-hydrogen) atoms. The van der Waals surface area contributed by atoms with Gasteiger partial charge in [0.1, 0.15) is 5.69 Å². The van der Waals surface area contributed by atoms with Crippen molar-refractivity contribution in [3.63, 3.8) is 0 Å². The molecule has 0 radical (unpaired) electrons. The number of benzene rings is 1. The van der Waals surface area contributed by atoms with Crippen LogP contribution in [-0.2, 0) is 6.54 Å². The summed E-state index contributed by atoms with van der Waals surface area (Å²) in [4.78, 5) is 24.0. The van der Waals surface area contributed by atoms with Crippen molar-refractivity contribution in [1.29, 1.82) is 0 Å². The number of carbonyl (C=O) groups is 1. The summed E-state index contributed by atoms with van der Waals surface area (Å²) < 4.78 is 1.09. The van der Waals surface area contributed by atoms with Gasteiger partial charge in [-0.05, 0) is 24.5 Å². The zero-order valence-corrected chi connectivity index (χ0v) is 14.4. The maximum Gasteiger partial charge on any atom is 0.345 e. The number of nitrogens with zero attached hydrogens (tertiary/aromatic N) is 2. The van der Waals surface area contributed by atoms with Crippen LogP contribution in [0.15, 0.2) is 29.1 Å². The van der Waals surface area contributed by atoms with Gasteiger partial charge in [-0.1, -0.05) is 49.1 Å². The topological polar surface area (TPSA) is 92.4 Å². The molecule has 0 atom stereocenters. The fourth-order valence-corrected chi connectivity index (χ4v) is 3.52. The lowest BCUT2D eigenvalue weighted by molar-refractivity contribution is 0.0689. The minimum absolute atomic E-state index is 0.0371. The monoisotopic (exact) mass is 362 g/mol. The number of aromatic hydroxyl groups is 1. The molecule has 0 saturated heterocycles. The second-order valence-corrected chi connectivity index (χ2v) is 6.71. The Kier molecular flexibility index (Phi) is 5.08. The number of aromatic carboxylic acids is 1. The van der Waals surface area contributed by atoms with Gasteiger partial charge in [0.15, 0.2) is 11.3 Å². The van der Waals surface area contributed by atoms with Gasteiger partial charge in [0.2, 0.25) is 0 Å². The largest absolute Gasteiger partial charge is 0.505 e. The average molecular weight is 363 g/mol. The molecule has 0 unspecified atom stereocenters. The number of aromatic nitrogens is 2. The van der Waals surface area contributed by atoms with E-state index in [0.29, 0.717) is 16.3 Å². The zero-order valence-electron chi connectivity index (χ0n) is 13.6. The summed E-state index contributed by atoms with van der Waals surface area (Å²) in [6.45, 7) is 0.0544. The lowest BCUT2D eigenvalue weighted by Gasteiger charge is -2.23. The van der Waals surface area contributed by atoms with Crippen molar-refractivity contribution in [3.05, 3.63) is 56.5 Å². The van der Waals surface area contributed by atoms with Crippen molar-refractivity contribution < 1.29 is 15.0 Å². The predicted molar refractivity (Wildman–Crippen MR) is 93.5 cm³/mol. The SMILES string of the molecule is O=C(O)c1c(O)c(C2CCCCC2)nn(Cc2ccccc2Cl)c1=O. The predicted octanol–water partition coefficient (Wildman–Crippen LogP) is 3.40. The molecule has 1 saturated carbocycles. The molecule has 0 amide bonds. The Labute approximate surface area is 149 Å². The van der Waals surface area contributed by atoms with Gasteiger partial charge in [-0.25, -0.2) is 9.48 Å². The normalized spacial score (nSPS) is 15.2. The first-order valence-corrected chi connectivity index (χ1v) is 8.67. The zero-order chi connectivity index (χ0) is 18.0. The number of halogens is 1. The molecule has 132 valence electrons. The molecule has 0 aliphatic heterocycles. The Balaban J connectivity index is 2.11. The highest BCUT2D eigenvalue weighted by atomic mass is 35.5. The third-order valence-corrected chi connectivity index (χ3v) is 5.01. The summed E-state index contributed by atoms with van der Waals surface area (Å²) in [5.74, 6) is -1.99. The van der Waals surface area contributed by atoms with E-state index >= 15 is 0 Å².